The molecule has 0 aliphatic carbocycles. The summed E-state index contributed by atoms with van der Waals surface area (Å²) in [4.78, 5) is 38.7. The number of carbonyl (C=O) groups excluding carboxylic acids is 1. The fourth-order valence-corrected chi connectivity index (χ4v) is 3.94. The summed E-state index contributed by atoms with van der Waals surface area (Å²) in [5.41, 5.74) is 3.02. The Balaban J connectivity index is 1.31. The average Bonchev–Trinajstić information content (AvgIpc) is 2.86. The lowest BCUT2D eigenvalue weighted by molar-refractivity contribution is -0.125. The van der Waals surface area contributed by atoms with Gasteiger partial charge in [0, 0.05) is 48.6 Å². The maximum atomic E-state index is 12.6. The van der Waals surface area contributed by atoms with E-state index in [0.717, 1.165) is 48.6 Å². The number of aryl methyl sites for hydroxylation is 1. The summed E-state index contributed by atoms with van der Waals surface area (Å²) in [5, 5.41) is 3.05. The molecular weight excluding hydrogens is 418 g/mol. The number of rotatable bonds is 6. The molecule has 0 saturated carbocycles. The van der Waals surface area contributed by atoms with Crippen LogP contribution in [0.25, 0.3) is 11.4 Å². The smallest absolute Gasteiger partial charge is 0.254 e. The Morgan fingerprint density at radius 3 is 2.48 bits per heavy atom. The van der Waals surface area contributed by atoms with Crippen LogP contribution < -0.4 is 20.5 Å². The number of ether oxygens (including phenoxy) is 1. The van der Waals surface area contributed by atoms with Crippen LogP contribution in [0.4, 0.5) is 5.82 Å². The Hall–Kier alpha value is -3.68. The monoisotopic (exact) mass is 447 g/mol. The molecule has 1 saturated heterocycles. The molecule has 1 fully saturated rings. The number of pyridine rings is 1. The molecule has 33 heavy (non-hydrogen) atoms. The van der Waals surface area contributed by atoms with Gasteiger partial charge in [-0.25, -0.2) is 9.97 Å². The van der Waals surface area contributed by atoms with Crippen molar-refractivity contribution in [1.29, 1.82) is 0 Å². The van der Waals surface area contributed by atoms with Crippen LogP contribution in [-0.2, 0) is 11.3 Å². The van der Waals surface area contributed by atoms with E-state index < -0.39 is 0 Å². The minimum absolute atomic E-state index is 0.00332. The highest BCUT2D eigenvalue weighted by molar-refractivity contribution is 5.79. The second kappa shape index (κ2) is 9.85. The minimum Gasteiger partial charge on any atom is -0.497 e. The van der Waals surface area contributed by atoms with Crippen LogP contribution in [0.5, 0.6) is 5.75 Å². The molecule has 172 valence electrons. The van der Waals surface area contributed by atoms with E-state index in [1.54, 1.807) is 20.2 Å². The maximum absolute atomic E-state index is 12.6. The van der Waals surface area contributed by atoms with Crippen LogP contribution in [-0.4, -0.2) is 41.1 Å². The third-order valence-electron chi connectivity index (χ3n) is 6.23. The summed E-state index contributed by atoms with van der Waals surface area (Å²) in [5.74, 6) is 2.29. The molecule has 2 N–H and O–H groups in total. The van der Waals surface area contributed by atoms with Crippen LogP contribution >= 0.6 is 0 Å². The first-order valence-corrected chi connectivity index (χ1v) is 11.1. The van der Waals surface area contributed by atoms with E-state index in [-0.39, 0.29) is 17.4 Å². The number of benzene rings is 1. The molecule has 0 spiro atoms. The number of aromatic amines is 1. The molecule has 0 bridgehead atoms. The van der Waals surface area contributed by atoms with Crippen molar-refractivity contribution in [2.75, 3.05) is 25.1 Å². The lowest BCUT2D eigenvalue weighted by Crippen LogP contribution is -2.40. The van der Waals surface area contributed by atoms with Crippen LogP contribution in [0.2, 0.25) is 0 Å². The van der Waals surface area contributed by atoms with Crippen molar-refractivity contribution in [3.63, 3.8) is 0 Å². The van der Waals surface area contributed by atoms with E-state index in [9.17, 15) is 9.59 Å². The Kier molecular flexibility index (Phi) is 6.72. The van der Waals surface area contributed by atoms with Gasteiger partial charge in [0.25, 0.3) is 5.56 Å². The zero-order valence-corrected chi connectivity index (χ0v) is 19.2. The largest absolute Gasteiger partial charge is 0.497 e. The van der Waals surface area contributed by atoms with Crippen molar-refractivity contribution in [3.05, 3.63) is 69.8 Å². The minimum atomic E-state index is -0.131. The van der Waals surface area contributed by atoms with Gasteiger partial charge in [-0.05, 0) is 56.5 Å². The number of piperidine rings is 1. The number of aromatic nitrogens is 3. The first-order valence-electron chi connectivity index (χ1n) is 11.1. The summed E-state index contributed by atoms with van der Waals surface area (Å²) in [7, 11) is 1.64. The summed E-state index contributed by atoms with van der Waals surface area (Å²) in [6.45, 7) is 5.64. The van der Waals surface area contributed by atoms with Crippen molar-refractivity contribution in [1.82, 2.24) is 20.3 Å². The number of nitrogens with zero attached hydrogens (tertiary/aromatic N) is 3. The molecule has 1 aromatic carbocycles. The van der Waals surface area contributed by atoms with Gasteiger partial charge in [-0.1, -0.05) is 12.1 Å². The second-order valence-electron chi connectivity index (χ2n) is 8.36. The van der Waals surface area contributed by atoms with Gasteiger partial charge >= 0.3 is 0 Å². The molecule has 8 heteroatoms. The van der Waals surface area contributed by atoms with E-state index in [4.69, 9.17) is 4.74 Å². The highest BCUT2D eigenvalue weighted by atomic mass is 16.5. The number of hydrogen-bond acceptors (Lipinski definition) is 6. The third kappa shape index (κ3) is 5.22. The molecule has 3 heterocycles. The molecule has 4 rings (SSSR count). The van der Waals surface area contributed by atoms with Gasteiger partial charge in [0.15, 0.2) is 0 Å². The van der Waals surface area contributed by atoms with Crippen molar-refractivity contribution < 1.29 is 9.53 Å². The second-order valence-corrected chi connectivity index (χ2v) is 8.36. The number of amides is 1. The first kappa shape index (κ1) is 22.5. The fourth-order valence-electron chi connectivity index (χ4n) is 3.94. The van der Waals surface area contributed by atoms with Gasteiger partial charge in [-0.3, -0.25) is 9.59 Å². The van der Waals surface area contributed by atoms with Crippen molar-refractivity contribution >= 4 is 11.7 Å². The zero-order chi connectivity index (χ0) is 23.4. The van der Waals surface area contributed by atoms with Gasteiger partial charge in [-0.15, -0.1) is 0 Å². The summed E-state index contributed by atoms with van der Waals surface area (Å²) in [6.07, 6.45) is 3.30. The predicted molar refractivity (Wildman–Crippen MR) is 127 cm³/mol. The number of hydrogen-bond donors (Lipinski definition) is 2. The molecule has 1 aliphatic rings. The Morgan fingerprint density at radius 2 is 1.88 bits per heavy atom. The van der Waals surface area contributed by atoms with Crippen molar-refractivity contribution in [3.8, 4) is 17.1 Å². The van der Waals surface area contributed by atoms with Gasteiger partial charge < -0.3 is 19.9 Å². The molecule has 1 amide bonds. The highest BCUT2D eigenvalue weighted by Crippen LogP contribution is 2.24. The Bertz CT molecular complexity index is 1160. The quantitative estimate of drug-likeness (QED) is 0.603. The lowest BCUT2D eigenvalue weighted by Gasteiger charge is -2.32. The number of carbonyl (C=O) groups is 1. The Labute approximate surface area is 193 Å². The maximum Gasteiger partial charge on any atom is 0.254 e. The average molecular weight is 448 g/mol. The predicted octanol–water partition coefficient (Wildman–Crippen LogP) is 2.99. The van der Waals surface area contributed by atoms with Crippen LogP contribution in [0.1, 0.15) is 29.7 Å². The molecule has 8 nitrogen and oxygen atoms in total. The summed E-state index contributed by atoms with van der Waals surface area (Å²) < 4.78 is 5.16. The number of methoxy groups -OCH3 is 1. The molecule has 1 aliphatic heterocycles. The number of H-pyrrole nitrogens is 1. The molecule has 3 aromatic rings. The van der Waals surface area contributed by atoms with Gasteiger partial charge in [0.05, 0.1) is 7.11 Å². The van der Waals surface area contributed by atoms with Crippen molar-refractivity contribution in [2.24, 2.45) is 5.92 Å². The molecule has 0 atom stereocenters. The standard InChI is InChI=1S/C25H29N5O3/c1-16-17(2)28-23(29-24(16)31)20-6-9-22(26-15-20)30-12-10-19(11-13-30)25(32)27-14-18-4-7-21(33-3)8-5-18/h4-9,15,19H,10-14H2,1-3H3,(H,27,32)(H,28,29,31). The van der Waals surface area contributed by atoms with E-state index in [1.807, 2.05) is 43.3 Å². The van der Waals surface area contributed by atoms with Crippen LogP contribution in [0.15, 0.2) is 47.4 Å². The molecule has 2 aromatic heterocycles. The third-order valence-corrected chi connectivity index (χ3v) is 6.23. The first-order chi connectivity index (χ1) is 15.9. The summed E-state index contributed by atoms with van der Waals surface area (Å²) >= 11 is 0. The van der Waals surface area contributed by atoms with Crippen molar-refractivity contribution in [2.45, 2.75) is 33.2 Å². The number of nitrogens with one attached hydrogen (secondary N) is 2. The number of anilines is 1. The SMILES string of the molecule is COc1ccc(CNC(=O)C2CCN(c3ccc(-c4nc(C)c(C)c(=O)[nH]4)cn3)CC2)cc1. The van der Waals surface area contributed by atoms with E-state index >= 15 is 0 Å². The van der Waals surface area contributed by atoms with Crippen LogP contribution in [0.3, 0.4) is 0 Å². The van der Waals surface area contributed by atoms with Crippen LogP contribution in [0, 0.1) is 19.8 Å². The van der Waals surface area contributed by atoms with Gasteiger partial charge in [0.2, 0.25) is 5.91 Å². The highest BCUT2D eigenvalue weighted by Gasteiger charge is 2.25. The van der Waals surface area contributed by atoms with E-state index in [1.165, 1.54) is 0 Å². The zero-order valence-electron chi connectivity index (χ0n) is 19.2. The van der Waals surface area contributed by atoms with Gasteiger partial charge in [-0.2, -0.15) is 0 Å². The summed E-state index contributed by atoms with van der Waals surface area (Å²) in [6, 6.07) is 11.6. The molecule has 0 unspecified atom stereocenters. The van der Waals surface area contributed by atoms with Gasteiger partial charge in [0.1, 0.15) is 17.4 Å². The topological polar surface area (TPSA) is 100 Å². The van der Waals surface area contributed by atoms with E-state index in [2.05, 4.69) is 25.2 Å². The molecule has 0 radical (unpaired) electrons. The Morgan fingerprint density at radius 1 is 1.15 bits per heavy atom. The molecular formula is C25H29N5O3. The normalized spacial score (nSPS) is 14.2. The lowest BCUT2D eigenvalue weighted by atomic mass is 9.95. The van der Waals surface area contributed by atoms with E-state index in [0.29, 0.717) is 23.6 Å². The fraction of sp³-hybridized carbons (Fsp3) is 0.360.